The van der Waals surface area contributed by atoms with Crippen molar-refractivity contribution in [3.63, 3.8) is 0 Å². The molecular weight excluding hydrogens is 303 g/mol. The van der Waals surface area contributed by atoms with Gasteiger partial charge in [0.05, 0.1) is 5.60 Å². The number of anilines is 1. The van der Waals surface area contributed by atoms with Gasteiger partial charge in [0.15, 0.2) is 5.65 Å². The van der Waals surface area contributed by atoms with Crippen LogP contribution >= 0.6 is 0 Å². The molecule has 1 aliphatic heterocycles. The van der Waals surface area contributed by atoms with Crippen LogP contribution in [0, 0.1) is 0 Å². The van der Waals surface area contributed by atoms with Crippen molar-refractivity contribution < 1.29 is 23.0 Å². The first-order valence-corrected chi connectivity index (χ1v) is 6.71. The quantitative estimate of drug-likeness (QED) is 0.882. The third-order valence-corrected chi connectivity index (χ3v) is 3.54. The second-order valence-corrected chi connectivity index (χ2v) is 5.20. The Balaban J connectivity index is 1.79. The van der Waals surface area contributed by atoms with Gasteiger partial charge in [-0.1, -0.05) is 0 Å². The zero-order valence-corrected chi connectivity index (χ0v) is 11.5. The van der Waals surface area contributed by atoms with Gasteiger partial charge in [0.1, 0.15) is 5.82 Å². The second-order valence-electron chi connectivity index (χ2n) is 5.20. The molecule has 0 unspecified atom stereocenters. The highest BCUT2D eigenvalue weighted by Crippen LogP contribution is 2.27. The largest absolute Gasteiger partial charge is 0.453 e. The molecule has 0 radical (unpaired) electrons. The van der Waals surface area contributed by atoms with Crippen molar-refractivity contribution >= 4 is 11.5 Å². The Morgan fingerprint density at radius 2 is 2.00 bits per heavy atom. The van der Waals surface area contributed by atoms with Gasteiger partial charge in [-0.25, -0.2) is 0 Å². The van der Waals surface area contributed by atoms with Crippen molar-refractivity contribution in [1.82, 2.24) is 19.8 Å². The Morgan fingerprint density at radius 1 is 1.27 bits per heavy atom. The molecule has 3 rings (SSSR count). The first kappa shape index (κ1) is 15.0. The first-order valence-electron chi connectivity index (χ1n) is 6.71. The van der Waals surface area contributed by atoms with Gasteiger partial charge < -0.3 is 15.2 Å². The van der Waals surface area contributed by atoms with Crippen LogP contribution in [0.15, 0.2) is 12.1 Å². The van der Waals surface area contributed by atoms with Crippen molar-refractivity contribution in [3.05, 3.63) is 18.0 Å². The molecule has 10 heteroatoms. The van der Waals surface area contributed by atoms with E-state index in [0.717, 1.165) is 0 Å². The van der Waals surface area contributed by atoms with Gasteiger partial charge in [-0.05, 0) is 12.1 Å². The van der Waals surface area contributed by atoms with Crippen LogP contribution in [0.2, 0.25) is 0 Å². The molecule has 1 aliphatic rings. The molecule has 0 saturated carbocycles. The Hall–Kier alpha value is -1.94. The first-order chi connectivity index (χ1) is 10.4. The minimum Gasteiger partial charge on any atom is -0.388 e. The molecule has 0 aliphatic carbocycles. The highest BCUT2D eigenvalue weighted by atomic mass is 19.4. The molecule has 1 saturated heterocycles. The van der Waals surface area contributed by atoms with Crippen LogP contribution in [-0.4, -0.2) is 50.3 Å². The molecular formula is C12H14F3N5O2. The van der Waals surface area contributed by atoms with E-state index in [-0.39, 0.29) is 18.0 Å². The van der Waals surface area contributed by atoms with E-state index in [1.165, 1.54) is 12.1 Å². The van der Waals surface area contributed by atoms with E-state index in [1.54, 1.807) is 0 Å². The van der Waals surface area contributed by atoms with Crippen molar-refractivity contribution in [2.45, 2.75) is 24.6 Å². The lowest BCUT2D eigenvalue weighted by molar-refractivity contribution is -0.146. The van der Waals surface area contributed by atoms with Crippen LogP contribution in [0.5, 0.6) is 0 Å². The number of rotatable bonds is 3. The standard InChI is InChI=1S/C12H14F3N5O2/c13-12(14,15)10-18-17-9-2-1-8(19-20(9)10)16-7-11(21)3-5-22-6-4-11/h1-2,21H,3-7H2,(H,16,19). The van der Waals surface area contributed by atoms with Crippen LogP contribution in [-0.2, 0) is 10.9 Å². The van der Waals surface area contributed by atoms with Crippen LogP contribution in [0.25, 0.3) is 5.65 Å². The molecule has 1 fully saturated rings. The summed E-state index contributed by atoms with van der Waals surface area (Å²) in [4.78, 5) is 0. The molecule has 2 aromatic rings. The lowest BCUT2D eigenvalue weighted by Gasteiger charge is -2.32. The molecule has 2 aromatic heterocycles. The lowest BCUT2D eigenvalue weighted by atomic mass is 9.94. The predicted octanol–water partition coefficient (Wildman–Crippen LogP) is 1.10. The third-order valence-electron chi connectivity index (χ3n) is 3.54. The summed E-state index contributed by atoms with van der Waals surface area (Å²) in [5, 5.41) is 23.5. The number of aliphatic hydroxyl groups is 1. The van der Waals surface area contributed by atoms with Crippen molar-refractivity contribution in [1.29, 1.82) is 0 Å². The molecule has 7 nitrogen and oxygen atoms in total. The lowest BCUT2D eigenvalue weighted by Crippen LogP contribution is -2.42. The van der Waals surface area contributed by atoms with Crippen LogP contribution in [0.4, 0.5) is 19.0 Å². The van der Waals surface area contributed by atoms with Crippen molar-refractivity contribution in [3.8, 4) is 0 Å². The fraction of sp³-hybridized carbons (Fsp3) is 0.583. The Kier molecular flexibility index (Phi) is 3.65. The zero-order valence-electron chi connectivity index (χ0n) is 11.5. The maximum Gasteiger partial charge on any atom is 0.453 e. The van der Waals surface area contributed by atoms with Gasteiger partial charge in [-0.3, -0.25) is 0 Å². The molecule has 0 aromatic carbocycles. The zero-order chi connectivity index (χ0) is 15.8. The Bertz CT molecular complexity index is 666. The number of hydrogen-bond acceptors (Lipinski definition) is 6. The summed E-state index contributed by atoms with van der Waals surface area (Å²) < 4.78 is 44.2. The van der Waals surface area contributed by atoms with Gasteiger partial charge in [-0.15, -0.1) is 15.3 Å². The van der Waals surface area contributed by atoms with Gasteiger partial charge in [0, 0.05) is 32.6 Å². The smallest absolute Gasteiger partial charge is 0.388 e. The number of nitrogens with zero attached hydrogens (tertiary/aromatic N) is 4. The van der Waals surface area contributed by atoms with Gasteiger partial charge in [0.25, 0.3) is 5.82 Å². The maximum absolute atomic E-state index is 12.8. The summed E-state index contributed by atoms with van der Waals surface area (Å²) in [6, 6.07) is 2.87. The summed E-state index contributed by atoms with van der Waals surface area (Å²) >= 11 is 0. The molecule has 22 heavy (non-hydrogen) atoms. The van der Waals surface area contributed by atoms with Crippen molar-refractivity contribution in [2.24, 2.45) is 0 Å². The van der Waals surface area contributed by atoms with E-state index in [1.807, 2.05) is 0 Å². The van der Waals surface area contributed by atoms with Gasteiger partial charge >= 0.3 is 6.18 Å². The van der Waals surface area contributed by atoms with E-state index < -0.39 is 17.6 Å². The normalized spacial score (nSPS) is 18.5. The molecule has 120 valence electrons. The Labute approximate surface area is 123 Å². The van der Waals surface area contributed by atoms with Gasteiger partial charge in [-0.2, -0.15) is 17.7 Å². The molecule has 0 spiro atoms. The number of ether oxygens (including phenoxy) is 1. The van der Waals surface area contributed by atoms with Crippen LogP contribution in [0.1, 0.15) is 18.7 Å². The van der Waals surface area contributed by atoms with E-state index in [0.29, 0.717) is 30.6 Å². The molecule has 0 amide bonds. The fourth-order valence-electron chi connectivity index (χ4n) is 2.24. The highest BCUT2D eigenvalue weighted by molar-refractivity contribution is 5.44. The summed E-state index contributed by atoms with van der Waals surface area (Å²) in [5.41, 5.74) is -0.947. The molecule has 3 heterocycles. The number of halogens is 3. The summed E-state index contributed by atoms with van der Waals surface area (Å²) in [6.45, 7) is 1.08. The monoisotopic (exact) mass is 317 g/mol. The number of hydrogen-bond donors (Lipinski definition) is 2. The average molecular weight is 317 g/mol. The number of alkyl halides is 3. The van der Waals surface area contributed by atoms with Crippen LogP contribution < -0.4 is 5.32 Å². The third kappa shape index (κ3) is 2.97. The summed E-state index contributed by atoms with van der Waals surface area (Å²) in [5.74, 6) is -0.978. The van der Waals surface area contributed by atoms with E-state index in [2.05, 4.69) is 20.6 Å². The maximum atomic E-state index is 12.8. The number of aromatic nitrogens is 4. The highest BCUT2D eigenvalue weighted by Gasteiger charge is 2.37. The summed E-state index contributed by atoms with van der Waals surface area (Å²) in [7, 11) is 0. The topological polar surface area (TPSA) is 84.6 Å². The molecule has 0 bridgehead atoms. The fourth-order valence-corrected chi connectivity index (χ4v) is 2.24. The summed E-state index contributed by atoms with van der Waals surface area (Å²) in [6.07, 6.45) is -3.71. The SMILES string of the molecule is OC1(CNc2ccc3nnc(C(F)(F)F)n3n2)CCOCC1. The van der Waals surface area contributed by atoms with Gasteiger partial charge in [0.2, 0.25) is 0 Å². The predicted molar refractivity (Wildman–Crippen MR) is 69.3 cm³/mol. The molecule has 0 atom stereocenters. The minimum atomic E-state index is -4.63. The average Bonchev–Trinajstić information content (AvgIpc) is 2.89. The van der Waals surface area contributed by atoms with Crippen LogP contribution in [0.3, 0.4) is 0 Å². The molecule has 2 N–H and O–H groups in total. The number of nitrogens with one attached hydrogen (secondary N) is 1. The number of fused-ring (bicyclic) bond motifs is 1. The second kappa shape index (κ2) is 5.36. The van der Waals surface area contributed by atoms with E-state index in [9.17, 15) is 18.3 Å². The van der Waals surface area contributed by atoms with E-state index >= 15 is 0 Å². The minimum absolute atomic E-state index is 0.00246. The van der Waals surface area contributed by atoms with E-state index in [4.69, 9.17) is 4.74 Å². The Morgan fingerprint density at radius 3 is 2.68 bits per heavy atom. The van der Waals surface area contributed by atoms with Crippen molar-refractivity contribution in [2.75, 3.05) is 25.1 Å².